The van der Waals surface area contributed by atoms with Gasteiger partial charge in [-0.2, -0.15) is 0 Å². The summed E-state index contributed by atoms with van der Waals surface area (Å²) in [6.45, 7) is 2.34. The van der Waals surface area contributed by atoms with Crippen LogP contribution in [0, 0.1) is 5.92 Å². The van der Waals surface area contributed by atoms with Crippen LogP contribution >= 0.6 is 0 Å². The minimum Gasteiger partial charge on any atom is -0.479 e. The first-order valence-corrected chi connectivity index (χ1v) is 5.10. The Morgan fingerprint density at radius 2 is 2.08 bits per heavy atom. The fourth-order valence-electron chi connectivity index (χ4n) is 2.03. The first-order valence-electron chi connectivity index (χ1n) is 5.10. The smallest absolute Gasteiger partial charge is 0.333 e. The van der Waals surface area contributed by atoms with Crippen LogP contribution in [0.25, 0.3) is 0 Å². The number of rotatable bonds is 4. The van der Waals surface area contributed by atoms with Gasteiger partial charge in [-0.15, -0.1) is 0 Å². The van der Waals surface area contributed by atoms with Crippen LogP contribution in [-0.2, 0) is 9.53 Å². The molecule has 0 spiro atoms. The lowest BCUT2D eigenvalue weighted by molar-refractivity contribution is -0.154. The molecule has 0 aromatic carbocycles. The molecule has 0 unspecified atom stereocenters. The van der Waals surface area contributed by atoms with Gasteiger partial charge in [-0.05, 0) is 25.7 Å². The Bertz CT molecular complexity index is 162. The highest BCUT2D eigenvalue weighted by atomic mass is 16.5. The molecule has 1 N–H and O–H groups in total. The third-order valence-corrected chi connectivity index (χ3v) is 2.67. The van der Waals surface area contributed by atoms with Gasteiger partial charge in [0.1, 0.15) is 0 Å². The van der Waals surface area contributed by atoms with Gasteiger partial charge in [0, 0.05) is 6.61 Å². The molecular weight excluding hydrogens is 168 g/mol. The Morgan fingerprint density at radius 1 is 1.46 bits per heavy atom. The van der Waals surface area contributed by atoms with Gasteiger partial charge >= 0.3 is 5.97 Å². The maximum absolute atomic E-state index is 10.9. The molecule has 0 bridgehead atoms. The molecule has 1 aliphatic rings. The van der Waals surface area contributed by atoms with Crippen molar-refractivity contribution in [2.45, 2.75) is 45.1 Å². The van der Waals surface area contributed by atoms with E-state index in [9.17, 15) is 4.79 Å². The second-order valence-corrected chi connectivity index (χ2v) is 3.61. The van der Waals surface area contributed by atoms with Crippen LogP contribution in [0.3, 0.4) is 0 Å². The first kappa shape index (κ1) is 10.5. The van der Waals surface area contributed by atoms with Crippen LogP contribution in [0.1, 0.15) is 39.0 Å². The lowest BCUT2D eigenvalue weighted by atomic mass is 9.85. The molecule has 3 heteroatoms. The van der Waals surface area contributed by atoms with E-state index in [0.29, 0.717) is 6.61 Å². The van der Waals surface area contributed by atoms with E-state index in [1.165, 1.54) is 6.42 Å². The molecule has 0 aromatic heterocycles. The normalized spacial score (nSPS) is 21.3. The van der Waals surface area contributed by atoms with Crippen molar-refractivity contribution in [1.29, 1.82) is 0 Å². The zero-order chi connectivity index (χ0) is 9.68. The average molecular weight is 186 g/mol. The van der Waals surface area contributed by atoms with Crippen LogP contribution < -0.4 is 0 Å². The zero-order valence-corrected chi connectivity index (χ0v) is 8.16. The largest absolute Gasteiger partial charge is 0.479 e. The van der Waals surface area contributed by atoms with Crippen molar-refractivity contribution >= 4 is 5.97 Å². The summed E-state index contributed by atoms with van der Waals surface area (Å²) in [4.78, 5) is 10.9. The number of carboxylic acids is 1. The molecular formula is C10H18O3. The molecule has 1 saturated carbocycles. The highest BCUT2D eigenvalue weighted by molar-refractivity contribution is 5.72. The summed E-state index contributed by atoms with van der Waals surface area (Å²) in [6, 6.07) is 0. The van der Waals surface area contributed by atoms with Crippen LogP contribution in [0.4, 0.5) is 0 Å². The molecule has 1 rings (SSSR count). The lowest BCUT2D eigenvalue weighted by Gasteiger charge is -2.26. The van der Waals surface area contributed by atoms with E-state index in [-0.39, 0.29) is 5.92 Å². The molecule has 3 nitrogen and oxygen atoms in total. The quantitative estimate of drug-likeness (QED) is 0.731. The summed E-state index contributed by atoms with van der Waals surface area (Å²) < 4.78 is 5.24. The van der Waals surface area contributed by atoms with Gasteiger partial charge in [-0.25, -0.2) is 4.79 Å². The summed E-state index contributed by atoms with van der Waals surface area (Å²) in [5.74, 6) is -0.556. The standard InChI is InChI=1S/C10H18O3/c1-2-13-9(10(11)12)8-6-4-3-5-7-8/h8-9H,2-7H2,1H3,(H,11,12)/t9-/m0/s1. The third-order valence-electron chi connectivity index (χ3n) is 2.67. The predicted molar refractivity (Wildman–Crippen MR) is 49.6 cm³/mol. The van der Waals surface area contributed by atoms with Crippen molar-refractivity contribution in [2.75, 3.05) is 6.61 Å². The van der Waals surface area contributed by atoms with E-state index in [1.54, 1.807) is 0 Å². The fraction of sp³-hybridized carbons (Fsp3) is 0.900. The number of ether oxygens (including phenoxy) is 1. The van der Waals surface area contributed by atoms with Gasteiger partial charge in [0.25, 0.3) is 0 Å². The van der Waals surface area contributed by atoms with Crippen LogP contribution in [0.5, 0.6) is 0 Å². The average Bonchev–Trinajstić information content (AvgIpc) is 2.15. The SMILES string of the molecule is CCO[C@H](C(=O)O)C1CCCCC1. The Morgan fingerprint density at radius 3 is 2.54 bits per heavy atom. The molecule has 0 saturated heterocycles. The van der Waals surface area contributed by atoms with E-state index in [4.69, 9.17) is 9.84 Å². The van der Waals surface area contributed by atoms with Gasteiger partial charge < -0.3 is 9.84 Å². The van der Waals surface area contributed by atoms with Crippen molar-refractivity contribution in [3.8, 4) is 0 Å². The Hall–Kier alpha value is -0.570. The van der Waals surface area contributed by atoms with Crippen molar-refractivity contribution in [3.63, 3.8) is 0 Å². The van der Waals surface area contributed by atoms with E-state index in [1.807, 2.05) is 6.92 Å². The molecule has 76 valence electrons. The Balaban J connectivity index is 2.46. The topological polar surface area (TPSA) is 46.5 Å². The van der Waals surface area contributed by atoms with E-state index >= 15 is 0 Å². The zero-order valence-electron chi connectivity index (χ0n) is 8.16. The number of carbonyl (C=O) groups is 1. The number of carboxylic acid groups (broad SMARTS) is 1. The van der Waals surface area contributed by atoms with Crippen LogP contribution in [-0.4, -0.2) is 23.8 Å². The number of hydrogen-bond donors (Lipinski definition) is 1. The summed E-state index contributed by atoms with van der Waals surface area (Å²) >= 11 is 0. The van der Waals surface area contributed by atoms with Gasteiger partial charge in [0.2, 0.25) is 0 Å². The van der Waals surface area contributed by atoms with Gasteiger partial charge in [-0.1, -0.05) is 19.3 Å². The minimum atomic E-state index is -0.797. The van der Waals surface area contributed by atoms with E-state index in [2.05, 4.69) is 0 Å². The molecule has 0 aliphatic heterocycles. The van der Waals surface area contributed by atoms with Crippen molar-refractivity contribution in [1.82, 2.24) is 0 Å². The summed E-state index contributed by atoms with van der Waals surface area (Å²) in [5, 5.41) is 8.93. The lowest BCUT2D eigenvalue weighted by Crippen LogP contribution is -2.33. The second-order valence-electron chi connectivity index (χ2n) is 3.61. The summed E-state index contributed by atoms with van der Waals surface area (Å²) in [7, 11) is 0. The first-order chi connectivity index (χ1) is 6.25. The molecule has 0 amide bonds. The highest BCUT2D eigenvalue weighted by Gasteiger charge is 2.29. The molecule has 0 heterocycles. The number of hydrogen-bond acceptors (Lipinski definition) is 2. The van der Waals surface area contributed by atoms with Crippen molar-refractivity contribution in [2.24, 2.45) is 5.92 Å². The molecule has 0 radical (unpaired) electrons. The summed E-state index contributed by atoms with van der Waals surface area (Å²) in [5.41, 5.74) is 0. The van der Waals surface area contributed by atoms with Gasteiger partial charge in [0.15, 0.2) is 6.10 Å². The summed E-state index contributed by atoms with van der Waals surface area (Å²) in [6.07, 6.45) is 5.01. The Labute approximate surface area is 79.1 Å². The Kier molecular flexibility index (Phi) is 4.22. The molecule has 1 aliphatic carbocycles. The molecule has 13 heavy (non-hydrogen) atoms. The van der Waals surface area contributed by atoms with Gasteiger partial charge in [0.05, 0.1) is 0 Å². The van der Waals surface area contributed by atoms with Gasteiger partial charge in [-0.3, -0.25) is 0 Å². The van der Waals surface area contributed by atoms with Crippen molar-refractivity contribution in [3.05, 3.63) is 0 Å². The van der Waals surface area contributed by atoms with Crippen molar-refractivity contribution < 1.29 is 14.6 Å². The molecule has 0 aromatic rings. The van der Waals surface area contributed by atoms with Crippen LogP contribution in [0.15, 0.2) is 0 Å². The molecule has 1 atom stereocenters. The predicted octanol–water partition coefficient (Wildman–Crippen LogP) is 2.06. The second kappa shape index (κ2) is 5.22. The number of aliphatic carboxylic acids is 1. The maximum atomic E-state index is 10.9. The van der Waals surface area contributed by atoms with E-state index < -0.39 is 12.1 Å². The fourth-order valence-corrected chi connectivity index (χ4v) is 2.03. The highest BCUT2D eigenvalue weighted by Crippen LogP contribution is 2.28. The minimum absolute atomic E-state index is 0.242. The van der Waals surface area contributed by atoms with E-state index in [0.717, 1.165) is 25.7 Å². The van der Waals surface area contributed by atoms with Crippen LogP contribution in [0.2, 0.25) is 0 Å². The third kappa shape index (κ3) is 2.99. The maximum Gasteiger partial charge on any atom is 0.333 e. The molecule has 1 fully saturated rings. The monoisotopic (exact) mass is 186 g/mol.